The van der Waals surface area contributed by atoms with Crippen molar-refractivity contribution >= 4 is 5.91 Å². The van der Waals surface area contributed by atoms with Crippen molar-refractivity contribution in [3.05, 3.63) is 84.1 Å². The highest BCUT2D eigenvalue weighted by atomic mass is 16.5. The molecule has 1 N–H and O–H groups in total. The second-order valence-electron chi connectivity index (χ2n) is 6.70. The normalized spacial score (nSPS) is 11.7. The highest BCUT2D eigenvalue weighted by molar-refractivity contribution is 5.96. The number of hydrogen-bond acceptors (Lipinski definition) is 5. The Morgan fingerprint density at radius 2 is 1.76 bits per heavy atom. The molecule has 3 rings (SSSR count). The Kier molecular flexibility index (Phi) is 6.81. The molecule has 150 valence electrons. The lowest BCUT2D eigenvalue weighted by molar-refractivity contribution is 0.0938. The average molecular weight is 391 g/mol. The molecule has 0 radical (unpaired) electrons. The smallest absolute Gasteiger partial charge is 0.256 e. The SMILES string of the molecule is COc1ccccc1C(CNC(=O)c1cccnc1Oc1ccccc1)N(C)C. The lowest BCUT2D eigenvalue weighted by Gasteiger charge is -2.26. The standard InChI is InChI=1S/C23H25N3O3/c1-26(2)20(18-12-7-8-14-21(18)28-3)16-25-22(27)19-13-9-15-24-23(19)29-17-10-5-4-6-11-17/h4-15,20H,16H2,1-3H3,(H,25,27). The van der Waals surface area contributed by atoms with Gasteiger partial charge in [-0.15, -0.1) is 0 Å². The molecule has 6 nitrogen and oxygen atoms in total. The summed E-state index contributed by atoms with van der Waals surface area (Å²) in [6, 6.07) is 20.5. The first-order valence-corrected chi connectivity index (χ1v) is 9.35. The van der Waals surface area contributed by atoms with Crippen LogP contribution in [0.2, 0.25) is 0 Å². The highest BCUT2D eigenvalue weighted by Gasteiger charge is 2.21. The van der Waals surface area contributed by atoms with Gasteiger partial charge in [0.1, 0.15) is 17.1 Å². The zero-order valence-corrected chi connectivity index (χ0v) is 16.8. The second kappa shape index (κ2) is 9.71. The number of benzene rings is 2. The Labute approximate surface area is 171 Å². The Morgan fingerprint density at radius 1 is 1.03 bits per heavy atom. The Hall–Kier alpha value is -3.38. The lowest BCUT2D eigenvalue weighted by atomic mass is 10.0. The van der Waals surface area contributed by atoms with Gasteiger partial charge in [0.25, 0.3) is 5.91 Å². The van der Waals surface area contributed by atoms with Crippen LogP contribution < -0.4 is 14.8 Å². The topological polar surface area (TPSA) is 63.7 Å². The number of rotatable bonds is 8. The van der Waals surface area contributed by atoms with Crippen LogP contribution in [0.4, 0.5) is 0 Å². The number of carbonyl (C=O) groups excluding carboxylic acids is 1. The predicted octanol–water partition coefficient (Wildman–Crippen LogP) is 3.92. The quantitative estimate of drug-likeness (QED) is 0.631. The van der Waals surface area contributed by atoms with Crippen LogP contribution in [0, 0.1) is 0 Å². The van der Waals surface area contributed by atoms with Crippen molar-refractivity contribution in [2.45, 2.75) is 6.04 Å². The van der Waals surface area contributed by atoms with Crippen LogP contribution in [0.1, 0.15) is 22.0 Å². The van der Waals surface area contributed by atoms with E-state index in [1.165, 1.54) is 0 Å². The van der Waals surface area contributed by atoms with Crippen LogP contribution in [-0.2, 0) is 0 Å². The van der Waals surface area contributed by atoms with E-state index in [1.807, 2.05) is 73.6 Å². The summed E-state index contributed by atoms with van der Waals surface area (Å²) in [6.45, 7) is 0.409. The van der Waals surface area contributed by atoms with Crippen molar-refractivity contribution in [1.29, 1.82) is 0 Å². The zero-order chi connectivity index (χ0) is 20.6. The number of likely N-dealkylation sites (N-methyl/N-ethyl adjacent to an activating group) is 1. The first kappa shape index (κ1) is 20.4. The van der Waals surface area contributed by atoms with Crippen LogP contribution in [0.5, 0.6) is 17.4 Å². The van der Waals surface area contributed by atoms with E-state index in [2.05, 4.69) is 10.3 Å². The Morgan fingerprint density at radius 3 is 2.48 bits per heavy atom. The molecule has 1 amide bonds. The molecule has 1 heterocycles. The summed E-state index contributed by atoms with van der Waals surface area (Å²) in [5, 5.41) is 3.00. The van der Waals surface area contributed by atoms with Gasteiger partial charge >= 0.3 is 0 Å². The number of pyridine rings is 1. The molecule has 0 aliphatic heterocycles. The van der Waals surface area contributed by atoms with Crippen molar-refractivity contribution < 1.29 is 14.3 Å². The summed E-state index contributed by atoms with van der Waals surface area (Å²) in [5.74, 6) is 1.44. The number of carbonyl (C=O) groups is 1. The van der Waals surface area contributed by atoms with E-state index in [-0.39, 0.29) is 17.8 Å². The molecule has 0 saturated heterocycles. The molecule has 1 atom stereocenters. The van der Waals surface area contributed by atoms with Gasteiger partial charge in [-0.1, -0.05) is 36.4 Å². The van der Waals surface area contributed by atoms with E-state index in [4.69, 9.17) is 9.47 Å². The molecule has 3 aromatic rings. The van der Waals surface area contributed by atoms with Crippen LogP contribution >= 0.6 is 0 Å². The van der Waals surface area contributed by atoms with Crippen molar-refractivity contribution in [2.24, 2.45) is 0 Å². The van der Waals surface area contributed by atoms with Gasteiger partial charge in [-0.25, -0.2) is 4.98 Å². The van der Waals surface area contributed by atoms with Crippen LogP contribution in [-0.4, -0.2) is 43.5 Å². The number of hydrogen-bond donors (Lipinski definition) is 1. The van der Waals surface area contributed by atoms with Gasteiger partial charge in [0, 0.05) is 18.3 Å². The third-order valence-electron chi connectivity index (χ3n) is 4.55. The molecule has 0 spiro atoms. The van der Waals surface area contributed by atoms with Gasteiger partial charge in [0.05, 0.1) is 13.2 Å². The molecule has 29 heavy (non-hydrogen) atoms. The fraction of sp³-hybridized carbons (Fsp3) is 0.217. The van der Waals surface area contributed by atoms with Crippen molar-refractivity contribution in [3.8, 4) is 17.4 Å². The Bertz CT molecular complexity index is 945. The van der Waals surface area contributed by atoms with Crippen molar-refractivity contribution in [2.75, 3.05) is 27.7 Å². The number of methoxy groups -OCH3 is 1. The van der Waals surface area contributed by atoms with E-state index in [0.29, 0.717) is 17.9 Å². The highest BCUT2D eigenvalue weighted by Crippen LogP contribution is 2.28. The molecule has 6 heteroatoms. The van der Waals surface area contributed by atoms with E-state index < -0.39 is 0 Å². The van der Waals surface area contributed by atoms with Gasteiger partial charge in [0.2, 0.25) is 5.88 Å². The average Bonchev–Trinajstić information content (AvgIpc) is 2.75. The molecule has 0 bridgehead atoms. The van der Waals surface area contributed by atoms with E-state index in [9.17, 15) is 4.79 Å². The van der Waals surface area contributed by atoms with Crippen molar-refractivity contribution in [3.63, 3.8) is 0 Å². The molecule has 1 unspecified atom stereocenters. The van der Waals surface area contributed by atoms with E-state index >= 15 is 0 Å². The minimum absolute atomic E-state index is 0.0507. The van der Waals surface area contributed by atoms with Gasteiger partial charge in [0.15, 0.2) is 0 Å². The van der Waals surface area contributed by atoms with Crippen LogP contribution in [0.3, 0.4) is 0 Å². The minimum Gasteiger partial charge on any atom is -0.496 e. The fourth-order valence-corrected chi connectivity index (χ4v) is 3.04. The molecule has 0 aliphatic carbocycles. The summed E-state index contributed by atoms with van der Waals surface area (Å²) in [6.07, 6.45) is 1.60. The predicted molar refractivity (Wildman–Crippen MR) is 113 cm³/mol. The van der Waals surface area contributed by atoms with Crippen LogP contribution in [0.15, 0.2) is 72.9 Å². The molecular weight excluding hydrogens is 366 g/mol. The molecule has 2 aromatic carbocycles. The zero-order valence-electron chi connectivity index (χ0n) is 16.8. The van der Waals surface area contributed by atoms with E-state index in [0.717, 1.165) is 11.3 Å². The summed E-state index contributed by atoms with van der Waals surface area (Å²) < 4.78 is 11.3. The first-order valence-electron chi connectivity index (χ1n) is 9.35. The Balaban J connectivity index is 1.76. The largest absolute Gasteiger partial charge is 0.496 e. The molecular formula is C23H25N3O3. The lowest BCUT2D eigenvalue weighted by Crippen LogP contribution is -2.35. The summed E-state index contributed by atoms with van der Waals surface area (Å²) in [7, 11) is 5.58. The molecule has 0 fully saturated rings. The monoisotopic (exact) mass is 391 g/mol. The molecule has 0 aliphatic rings. The molecule has 1 aromatic heterocycles. The van der Waals surface area contributed by atoms with Crippen LogP contribution in [0.25, 0.3) is 0 Å². The summed E-state index contributed by atoms with van der Waals surface area (Å²) >= 11 is 0. The number of nitrogens with zero attached hydrogens (tertiary/aromatic N) is 2. The van der Waals surface area contributed by atoms with Gasteiger partial charge in [-0.05, 0) is 44.4 Å². The maximum Gasteiger partial charge on any atom is 0.256 e. The minimum atomic E-state index is -0.245. The fourth-order valence-electron chi connectivity index (χ4n) is 3.04. The third-order valence-corrected chi connectivity index (χ3v) is 4.55. The summed E-state index contributed by atoms with van der Waals surface area (Å²) in [4.78, 5) is 19.2. The van der Waals surface area contributed by atoms with E-state index in [1.54, 1.807) is 25.4 Å². The van der Waals surface area contributed by atoms with Gasteiger partial charge in [-0.2, -0.15) is 0 Å². The maximum absolute atomic E-state index is 12.9. The number of aromatic nitrogens is 1. The van der Waals surface area contributed by atoms with Crippen molar-refractivity contribution in [1.82, 2.24) is 15.2 Å². The number of amides is 1. The van der Waals surface area contributed by atoms with Gasteiger partial charge in [-0.3, -0.25) is 4.79 Å². The maximum atomic E-state index is 12.9. The number of ether oxygens (including phenoxy) is 2. The number of nitrogens with one attached hydrogen (secondary N) is 1. The summed E-state index contributed by atoms with van der Waals surface area (Å²) in [5.41, 5.74) is 1.39. The van der Waals surface area contributed by atoms with Gasteiger partial charge < -0.3 is 19.7 Å². The second-order valence-corrected chi connectivity index (χ2v) is 6.70. The first-order chi connectivity index (χ1) is 14.1. The number of para-hydroxylation sites is 2. The molecule has 0 saturated carbocycles. The third kappa shape index (κ3) is 5.12.